The molecule has 0 radical (unpaired) electrons. The van der Waals surface area contributed by atoms with Crippen LogP contribution in [0.3, 0.4) is 0 Å². The summed E-state index contributed by atoms with van der Waals surface area (Å²) in [7, 11) is 3.25. The monoisotopic (exact) mass is 495 g/mol. The smallest absolute Gasteiger partial charge is 0.228 e. The number of ether oxygens (including phenoxy) is 2. The fraction of sp³-hybridized carbons (Fsp3) is 0.552. The summed E-state index contributed by atoms with van der Waals surface area (Å²) in [6.07, 6.45) is 10.9. The minimum absolute atomic E-state index is 0.0555. The Hall–Kier alpha value is -2.96. The van der Waals surface area contributed by atoms with E-state index in [9.17, 15) is 9.18 Å². The second kappa shape index (κ2) is 10.6. The Morgan fingerprint density at radius 3 is 2.31 bits per heavy atom. The maximum atomic E-state index is 14.3. The van der Waals surface area contributed by atoms with Crippen LogP contribution >= 0.6 is 0 Å². The Labute approximate surface area is 213 Å². The lowest BCUT2D eigenvalue weighted by molar-refractivity contribution is -0.130. The van der Waals surface area contributed by atoms with Gasteiger partial charge in [-0.05, 0) is 61.9 Å². The maximum absolute atomic E-state index is 14.3. The van der Waals surface area contributed by atoms with Crippen molar-refractivity contribution in [3.63, 3.8) is 0 Å². The summed E-state index contributed by atoms with van der Waals surface area (Å²) in [5.41, 5.74) is 1.26. The molecule has 5 rings (SSSR count). The van der Waals surface area contributed by atoms with Crippen LogP contribution in [0.5, 0.6) is 11.5 Å². The van der Waals surface area contributed by atoms with Gasteiger partial charge in [-0.15, -0.1) is 0 Å². The fourth-order valence-corrected chi connectivity index (χ4v) is 6.54. The number of hydrogen-bond donors (Lipinski definition) is 3. The molecular weight excluding hydrogens is 457 g/mol. The first-order valence-electron chi connectivity index (χ1n) is 13.4. The molecule has 1 heterocycles. The van der Waals surface area contributed by atoms with E-state index in [1.165, 1.54) is 25.0 Å². The van der Waals surface area contributed by atoms with Crippen molar-refractivity contribution in [2.45, 2.75) is 75.9 Å². The molecule has 2 saturated carbocycles. The number of methoxy groups -OCH3 is 2. The van der Waals surface area contributed by atoms with E-state index in [2.05, 4.69) is 16.0 Å². The Morgan fingerprint density at radius 2 is 1.61 bits per heavy atom. The highest BCUT2D eigenvalue weighted by Crippen LogP contribution is 2.51. The van der Waals surface area contributed by atoms with Crippen LogP contribution in [0.25, 0.3) is 0 Å². The number of carbonyl (C=O) groups excluding carboxylic acids is 1. The maximum Gasteiger partial charge on any atom is 0.228 e. The summed E-state index contributed by atoms with van der Waals surface area (Å²) >= 11 is 0. The van der Waals surface area contributed by atoms with Gasteiger partial charge in [0.25, 0.3) is 0 Å². The molecule has 2 aromatic carbocycles. The molecule has 194 valence electrons. The van der Waals surface area contributed by atoms with Gasteiger partial charge < -0.3 is 25.4 Å². The van der Waals surface area contributed by atoms with Crippen LogP contribution in [0.15, 0.2) is 36.4 Å². The summed E-state index contributed by atoms with van der Waals surface area (Å²) in [6.45, 7) is 0. The fourth-order valence-electron chi connectivity index (χ4n) is 6.54. The third-order valence-electron chi connectivity index (χ3n) is 8.30. The lowest BCUT2D eigenvalue weighted by atomic mass is 9.70. The van der Waals surface area contributed by atoms with Gasteiger partial charge in [0.2, 0.25) is 5.91 Å². The third-order valence-corrected chi connectivity index (χ3v) is 8.30. The average Bonchev–Trinajstić information content (AvgIpc) is 3.28. The molecule has 1 aliphatic heterocycles. The number of amides is 1. The van der Waals surface area contributed by atoms with Gasteiger partial charge >= 0.3 is 0 Å². The summed E-state index contributed by atoms with van der Waals surface area (Å²) in [6, 6.07) is 10.6. The standard InChI is InChI=1S/C29H38FN3O3/c1-35-22-14-15-23(26(18-22)36-2)29(32-24-16-13-20(30)17-25(24)33-29)27(19-9-5-3-6-10-19)28(34)31-21-11-7-4-8-12-21/h13-19,21,27,32-33H,3-12H2,1-2H3,(H,31,34). The number of nitrogens with one attached hydrogen (secondary N) is 3. The molecule has 0 saturated heterocycles. The second-order valence-corrected chi connectivity index (χ2v) is 10.5. The largest absolute Gasteiger partial charge is 0.497 e. The minimum Gasteiger partial charge on any atom is -0.497 e. The lowest BCUT2D eigenvalue weighted by Gasteiger charge is -2.44. The van der Waals surface area contributed by atoms with Gasteiger partial charge in [0.1, 0.15) is 17.3 Å². The average molecular weight is 496 g/mol. The molecule has 7 heteroatoms. The second-order valence-electron chi connectivity index (χ2n) is 10.5. The molecule has 6 nitrogen and oxygen atoms in total. The molecule has 2 aliphatic carbocycles. The molecule has 2 unspecified atom stereocenters. The van der Waals surface area contributed by atoms with E-state index in [0.29, 0.717) is 17.2 Å². The SMILES string of the molecule is COc1ccc(C2(C(C(=O)NC3CCCCC3)C3CCCCC3)Nc3ccc(F)cc3N2)c(OC)c1. The highest BCUT2D eigenvalue weighted by Gasteiger charge is 2.53. The lowest BCUT2D eigenvalue weighted by Crippen LogP contribution is -2.57. The zero-order valence-corrected chi connectivity index (χ0v) is 21.4. The topological polar surface area (TPSA) is 71.6 Å². The van der Waals surface area contributed by atoms with Crippen molar-refractivity contribution in [2.75, 3.05) is 24.9 Å². The number of fused-ring (bicyclic) bond motifs is 1. The van der Waals surface area contributed by atoms with Crippen molar-refractivity contribution in [1.82, 2.24) is 5.32 Å². The van der Waals surface area contributed by atoms with Crippen molar-refractivity contribution in [3.8, 4) is 11.5 Å². The number of halogens is 1. The van der Waals surface area contributed by atoms with E-state index in [4.69, 9.17) is 9.47 Å². The summed E-state index contributed by atoms with van der Waals surface area (Å²) in [5, 5.41) is 10.7. The van der Waals surface area contributed by atoms with Crippen LogP contribution in [0.2, 0.25) is 0 Å². The first-order valence-corrected chi connectivity index (χ1v) is 13.4. The quantitative estimate of drug-likeness (QED) is 0.428. The molecule has 0 spiro atoms. The van der Waals surface area contributed by atoms with Gasteiger partial charge in [0.05, 0.1) is 31.5 Å². The van der Waals surface area contributed by atoms with E-state index < -0.39 is 11.6 Å². The van der Waals surface area contributed by atoms with Crippen molar-refractivity contribution in [3.05, 3.63) is 47.8 Å². The molecule has 0 bridgehead atoms. The highest BCUT2D eigenvalue weighted by molar-refractivity contribution is 5.87. The number of anilines is 2. The first-order chi connectivity index (χ1) is 17.5. The van der Waals surface area contributed by atoms with E-state index in [1.807, 2.05) is 18.2 Å². The molecule has 3 aliphatic rings. The van der Waals surface area contributed by atoms with Crippen molar-refractivity contribution >= 4 is 17.3 Å². The molecule has 2 aromatic rings. The van der Waals surface area contributed by atoms with Gasteiger partial charge in [-0.25, -0.2) is 4.39 Å². The number of carbonyl (C=O) groups is 1. The van der Waals surface area contributed by atoms with Crippen LogP contribution in [-0.4, -0.2) is 26.2 Å². The Morgan fingerprint density at radius 1 is 0.917 bits per heavy atom. The van der Waals surface area contributed by atoms with Crippen LogP contribution < -0.4 is 25.4 Å². The normalized spacial score (nSPS) is 23.2. The molecule has 3 N–H and O–H groups in total. The molecule has 2 fully saturated rings. The zero-order valence-electron chi connectivity index (χ0n) is 21.4. The van der Waals surface area contributed by atoms with Crippen LogP contribution in [0.4, 0.5) is 15.8 Å². The highest BCUT2D eigenvalue weighted by atomic mass is 19.1. The Kier molecular flexibility index (Phi) is 7.26. The Balaban J connectivity index is 1.62. The number of rotatable bonds is 7. The summed E-state index contributed by atoms with van der Waals surface area (Å²) in [5.74, 6) is 0.786. The molecule has 2 atom stereocenters. The van der Waals surface area contributed by atoms with E-state index in [0.717, 1.165) is 62.6 Å². The van der Waals surface area contributed by atoms with Crippen molar-refractivity contribution in [2.24, 2.45) is 11.8 Å². The van der Waals surface area contributed by atoms with E-state index >= 15 is 0 Å². The minimum atomic E-state index is -0.992. The van der Waals surface area contributed by atoms with Gasteiger partial charge in [-0.1, -0.05) is 38.5 Å². The predicted molar refractivity (Wildman–Crippen MR) is 140 cm³/mol. The molecule has 36 heavy (non-hydrogen) atoms. The van der Waals surface area contributed by atoms with Crippen LogP contribution in [0.1, 0.15) is 69.8 Å². The van der Waals surface area contributed by atoms with Gasteiger partial charge in [0.15, 0.2) is 5.66 Å². The first kappa shape index (κ1) is 24.7. The Bertz CT molecular complexity index is 1080. The van der Waals surface area contributed by atoms with E-state index in [-0.39, 0.29) is 23.7 Å². The van der Waals surface area contributed by atoms with Gasteiger partial charge in [0, 0.05) is 17.7 Å². The van der Waals surface area contributed by atoms with Crippen molar-refractivity contribution < 1.29 is 18.7 Å². The van der Waals surface area contributed by atoms with Crippen LogP contribution in [0, 0.1) is 17.7 Å². The van der Waals surface area contributed by atoms with Crippen molar-refractivity contribution in [1.29, 1.82) is 0 Å². The summed E-state index contributed by atoms with van der Waals surface area (Å²) in [4.78, 5) is 14.3. The summed E-state index contributed by atoms with van der Waals surface area (Å²) < 4.78 is 25.6. The molecule has 0 aromatic heterocycles. The third kappa shape index (κ3) is 4.72. The number of hydrogen-bond acceptors (Lipinski definition) is 5. The van der Waals surface area contributed by atoms with Crippen LogP contribution in [-0.2, 0) is 10.5 Å². The van der Waals surface area contributed by atoms with Gasteiger partial charge in [-0.2, -0.15) is 0 Å². The molecular formula is C29H38FN3O3. The number of benzene rings is 2. The van der Waals surface area contributed by atoms with E-state index in [1.54, 1.807) is 20.3 Å². The zero-order chi connectivity index (χ0) is 25.1. The molecule has 1 amide bonds. The van der Waals surface area contributed by atoms with Gasteiger partial charge in [-0.3, -0.25) is 4.79 Å². The predicted octanol–water partition coefficient (Wildman–Crippen LogP) is 6.18.